The number of rotatable bonds is 4. The molecule has 5 rings (SSSR count). The molecule has 0 unspecified atom stereocenters. The smallest absolute Gasteiger partial charge is 0.337 e. The number of methoxy groups -OCH3 is 1. The number of hydrogen-bond donors (Lipinski definition) is 0. The first-order chi connectivity index (χ1) is 16.6. The minimum absolute atomic E-state index is 0.103. The molecule has 0 atom stereocenters. The van der Waals surface area contributed by atoms with Crippen molar-refractivity contribution in [3.05, 3.63) is 87.9 Å². The molecule has 0 radical (unpaired) electrons. The number of imidazole rings is 1. The molecule has 0 amide bonds. The number of halogens is 1. The van der Waals surface area contributed by atoms with Gasteiger partial charge in [-0.2, -0.15) is 0 Å². The van der Waals surface area contributed by atoms with Crippen molar-refractivity contribution in [3.63, 3.8) is 0 Å². The van der Waals surface area contributed by atoms with Crippen molar-refractivity contribution in [2.75, 3.05) is 7.11 Å². The molecule has 4 aromatic rings. The van der Waals surface area contributed by atoms with Gasteiger partial charge < -0.3 is 9.30 Å². The van der Waals surface area contributed by atoms with Crippen molar-refractivity contribution in [3.8, 4) is 11.4 Å². The van der Waals surface area contributed by atoms with Crippen LogP contribution in [-0.4, -0.2) is 22.6 Å². The summed E-state index contributed by atoms with van der Waals surface area (Å²) in [7, 11) is 1.40. The van der Waals surface area contributed by atoms with Crippen LogP contribution in [0.4, 0.5) is 0 Å². The van der Waals surface area contributed by atoms with Crippen LogP contribution in [0.5, 0.6) is 0 Å². The lowest BCUT2D eigenvalue weighted by molar-refractivity contribution is 0.0601. The van der Waals surface area contributed by atoms with Crippen LogP contribution < -0.4 is 0 Å². The van der Waals surface area contributed by atoms with Crippen LogP contribution in [0.15, 0.2) is 60.7 Å². The predicted octanol–water partition coefficient (Wildman–Crippen LogP) is 7.54. The third-order valence-electron chi connectivity index (χ3n) is 7.53. The molecule has 0 bridgehead atoms. The normalized spacial score (nSPS) is 16.2. The van der Waals surface area contributed by atoms with E-state index in [2.05, 4.69) is 50.5 Å². The number of fused-ring (bicyclic) bond motifs is 2. The molecule has 5 heteroatoms. The van der Waals surface area contributed by atoms with E-state index < -0.39 is 0 Å². The van der Waals surface area contributed by atoms with Crippen LogP contribution >= 0.6 is 11.6 Å². The summed E-state index contributed by atoms with van der Waals surface area (Å²) in [5, 5.41) is 0.715. The zero-order valence-electron chi connectivity index (χ0n) is 21.0. The van der Waals surface area contributed by atoms with Crippen LogP contribution in [0, 0.1) is 0 Å². The van der Waals surface area contributed by atoms with E-state index in [-0.39, 0.29) is 16.8 Å². The summed E-state index contributed by atoms with van der Waals surface area (Å²) in [4.78, 5) is 17.2. The minimum atomic E-state index is -0.363. The van der Waals surface area contributed by atoms with Gasteiger partial charge in [0.15, 0.2) is 0 Å². The van der Waals surface area contributed by atoms with Crippen LogP contribution in [-0.2, 0) is 22.1 Å². The Labute approximate surface area is 211 Å². The Bertz CT molecular complexity index is 1430. The molecule has 1 aliphatic rings. The van der Waals surface area contributed by atoms with E-state index in [1.165, 1.54) is 24.7 Å². The molecule has 1 aromatic heterocycles. The molecule has 4 nitrogen and oxygen atoms in total. The van der Waals surface area contributed by atoms with Gasteiger partial charge in [0, 0.05) is 17.1 Å². The first kappa shape index (κ1) is 23.6. The number of ether oxygens (including phenoxy) is 1. The van der Waals surface area contributed by atoms with Gasteiger partial charge in [0.05, 0.1) is 23.7 Å². The highest BCUT2D eigenvalue weighted by Crippen LogP contribution is 2.46. The monoisotopic (exact) mass is 486 g/mol. The molecule has 1 aliphatic carbocycles. The van der Waals surface area contributed by atoms with Crippen LogP contribution in [0.25, 0.3) is 22.4 Å². The van der Waals surface area contributed by atoms with Gasteiger partial charge in [0.25, 0.3) is 0 Å². The van der Waals surface area contributed by atoms with E-state index in [4.69, 9.17) is 21.3 Å². The van der Waals surface area contributed by atoms with Gasteiger partial charge in [0.1, 0.15) is 5.82 Å². The molecular weight excluding hydrogens is 456 g/mol. The lowest BCUT2D eigenvalue weighted by atomic mass is 9.63. The number of nitrogens with zero attached hydrogens (tertiary/aromatic N) is 2. The van der Waals surface area contributed by atoms with Gasteiger partial charge in [-0.1, -0.05) is 63.6 Å². The molecule has 0 saturated heterocycles. The lowest BCUT2D eigenvalue weighted by Crippen LogP contribution is -2.33. The highest BCUT2D eigenvalue weighted by molar-refractivity contribution is 6.30. The van der Waals surface area contributed by atoms with Crippen molar-refractivity contribution < 1.29 is 9.53 Å². The zero-order valence-corrected chi connectivity index (χ0v) is 21.7. The number of benzene rings is 3. The zero-order chi connectivity index (χ0) is 25.0. The minimum Gasteiger partial charge on any atom is -0.465 e. The third-order valence-corrected chi connectivity index (χ3v) is 7.79. The molecule has 35 heavy (non-hydrogen) atoms. The van der Waals surface area contributed by atoms with Gasteiger partial charge >= 0.3 is 5.97 Å². The average Bonchev–Trinajstić information content (AvgIpc) is 3.20. The maximum absolute atomic E-state index is 12.2. The molecule has 0 saturated carbocycles. The molecular formula is C30H31ClN2O2. The van der Waals surface area contributed by atoms with E-state index in [1.54, 1.807) is 6.07 Å². The van der Waals surface area contributed by atoms with E-state index in [1.807, 2.05) is 36.4 Å². The largest absolute Gasteiger partial charge is 0.465 e. The second-order valence-electron chi connectivity index (χ2n) is 10.9. The van der Waals surface area contributed by atoms with Gasteiger partial charge in [-0.25, -0.2) is 9.78 Å². The molecule has 1 heterocycles. The van der Waals surface area contributed by atoms with Gasteiger partial charge in [-0.3, -0.25) is 0 Å². The number of esters is 1. The Morgan fingerprint density at radius 2 is 1.63 bits per heavy atom. The maximum Gasteiger partial charge on any atom is 0.337 e. The lowest BCUT2D eigenvalue weighted by Gasteiger charge is -2.42. The summed E-state index contributed by atoms with van der Waals surface area (Å²) >= 11 is 6.13. The topological polar surface area (TPSA) is 44.1 Å². The van der Waals surface area contributed by atoms with Crippen molar-refractivity contribution in [2.45, 2.75) is 57.9 Å². The SMILES string of the molecule is COC(=O)c1ccc2c(c1)nc(-c1ccc3c(c1)C(C)(C)CCC3(C)C)n2Cc1ccc(Cl)cc1. The number of hydrogen-bond acceptors (Lipinski definition) is 3. The Kier molecular flexibility index (Phi) is 5.76. The Morgan fingerprint density at radius 3 is 2.31 bits per heavy atom. The summed E-state index contributed by atoms with van der Waals surface area (Å²) in [6, 6.07) is 20.3. The van der Waals surface area contributed by atoms with Crippen LogP contribution in [0.3, 0.4) is 0 Å². The highest BCUT2D eigenvalue weighted by Gasteiger charge is 2.37. The summed E-state index contributed by atoms with van der Waals surface area (Å²) in [6.07, 6.45) is 2.33. The van der Waals surface area contributed by atoms with Gasteiger partial charge in [-0.15, -0.1) is 0 Å². The average molecular weight is 487 g/mol. The van der Waals surface area contributed by atoms with E-state index in [0.717, 1.165) is 34.4 Å². The van der Waals surface area contributed by atoms with E-state index in [9.17, 15) is 4.79 Å². The van der Waals surface area contributed by atoms with Crippen LogP contribution in [0.1, 0.15) is 67.6 Å². The number of carbonyl (C=O) groups is 1. The van der Waals surface area contributed by atoms with Gasteiger partial charge in [-0.05, 0) is 76.8 Å². The Morgan fingerprint density at radius 1 is 0.943 bits per heavy atom. The summed E-state index contributed by atoms with van der Waals surface area (Å²) in [5.41, 5.74) is 7.53. The first-order valence-electron chi connectivity index (χ1n) is 12.1. The second-order valence-corrected chi connectivity index (χ2v) is 11.3. The molecule has 0 spiro atoms. The Balaban J connectivity index is 1.70. The van der Waals surface area contributed by atoms with E-state index in [0.29, 0.717) is 17.1 Å². The standard InChI is InChI=1S/C30H31ClN2O2/c1-29(2)14-15-30(3,4)24-16-20(8-12-23(24)29)27-32-25-17-21(28(34)35-5)9-13-26(25)33(27)18-19-6-10-22(31)11-7-19/h6-13,16-17H,14-15,18H2,1-5H3. The quantitative estimate of drug-likeness (QED) is 0.280. The molecule has 3 aromatic carbocycles. The fraction of sp³-hybridized carbons (Fsp3) is 0.333. The highest BCUT2D eigenvalue weighted by atomic mass is 35.5. The third kappa shape index (κ3) is 4.25. The van der Waals surface area contributed by atoms with Gasteiger partial charge in [0.2, 0.25) is 0 Å². The van der Waals surface area contributed by atoms with E-state index >= 15 is 0 Å². The molecule has 0 fully saturated rings. The van der Waals surface area contributed by atoms with Crippen molar-refractivity contribution >= 4 is 28.6 Å². The van der Waals surface area contributed by atoms with Crippen molar-refractivity contribution in [1.82, 2.24) is 9.55 Å². The van der Waals surface area contributed by atoms with Crippen LogP contribution in [0.2, 0.25) is 5.02 Å². The number of aromatic nitrogens is 2. The fourth-order valence-corrected chi connectivity index (χ4v) is 5.38. The summed E-state index contributed by atoms with van der Waals surface area (Å²) in [6.45, 7) is 10.00. The molecule has 180 valence electrons. The maximum atomic E-state index is 12.2. The Hall–Kier alpha value is -3.11. The second kappa shape index (κ2) is 8.53. The molecule has 0 aliphatic heterocycles. The van der Waals surface area contributed by atoms with Crippen molar-refractivity contribution in [1.29, 1.82) is 0 Å². The first-order valence-corrected chi connectivity index (χ1v) is 12.5. The summed E-state index contributed by atoms with van der Waals surface area (Å²) in [5.74, 6) is 0.525. The summed E-state index contributed by atoms with van der Waals surface area (Å²) < 4.78 is 7.16. The number of carbonyl (C=O) groups excluding carboxylic acids is 1. The molecule has 0 N–H and O–H groups in total. The van der Waals surface area contributed by atoms with Crippen molar-refractivity contribution in [2.24, 2.45) is 0 Å². The fourth-order valence-electron chi connectivity index (χ4n) is 5.26. The predicted molar refractivity (Wildman–Crippen MR) is 142 cm³/mol.